The number of sulfone groups is 1. The number of halogens is 2. The van der Waals surface area contributed by atoms with E-state index in [2.05, 4.69) is 10.6 Å². The van der Waals surface area contributed by atoms with Crippen LogP contribution in [0.2, 0.25) is 10.0 Å². The lowest BCUT2D eigenvalue weighted by atomic mass is 10.2. The Kier molecular flexibility index (Phi) is 7.08. The third-order valence-corrected chi connectivity index (χ3v) is 5.98. The van der Waals surface area contributed by atoms with E-state index in [0.717, 1.165) is 12.0 Å². The molecule has 0 aliphatic carbocycles. The van der Waals surface area contributed by atoms with Crippen LogP contribution in [0.5, 0.6) is 0 Å². The van der Waals surface area contributed by atoms with Gasteiger partial charge in [0.15, 0.2) is 9.84 Å². The van der Waals surface area contributed by atoms with Crippen LogP contribution in [0, 0.1) is 6.92 Å². The summed E-state index contributed by atoms with van der Waals surface area (Å²) in [6.45, 7) is 1.80. The molecule has 0 fully saturated rings. The molecular formula is C22H18Cl2N2O5S. The molecule has 0 unspecified atom stereocenters. The maximum Gasteiger partial charge on any atom is 0.255 e. The average molecular weight is 493 g/mol. The lowest BCUT2D eigenvalue weighted by Crippen LogP contribution is -2.13. The van der Waals surface area contributed by atoms with Crippen molar-refractivity contribution >= 4 is 62.3 Å². The minimum Gasteiger partial charge on any atom is -0.462 e. The van der Waals surface area contributed by atoms with Crippen LogP contribution < -0.4 is 10.6 Å². The van der Waals surface area contributed by atoms with Gasteiger partial charge < -0.3 is 15.1 Å². The fourth-order valence-electron chi connectivity index (χ4n) is 2.69. The average Bonchev–Trinajstić information content (AvgIpc) is 3.14. The third-order valence-electron chi connectivity index (χ3n) is 4.25. The van der Waals surface area contributed by atoms with Gasteiger partial charge in [0.05, 0.1) is 20.6 Å². The molecule has 2 amide bonds. The monoisotopic (exact) mass is 492 g/mol. The Morgan fingerprint density at radius 1 is 0.969 bits per heavy atom. The highest BCUT2D eigenvalue weighted by atomic mass is 35.5. The topological polar surface area (TPSA) is 105 Å². The number of anilines is 2. The second-order valence-electron chi connectivity index (χ2n) is 6.84. The van der Waals surface area contributed by atoms with Gasteiger partial charge in [-0.2, -0.15) is 0 Å². The number of carbonyl (C=O) groups excluding carboxylic acids is 2. The number of carbonyl (C=O) groups is 2. The smallest absolute Gasteiger partial charge is 0.255 e. The Morgan fingerprint density at radius 3 is 2.12 bits per heavy atom. The van der Waals surface area contributed by atoms with Gasteiger partial charge in [0, 0.05) is 23.6 Å². The van der Waals surface area contributed by atoms with Gasteiger partial charge in [0.1, 0.15) is 11.5 Å². The Hall–Kier alpha value is -3.07. The van der Waals surface area contributed by atoms with E-state index in [1.165, 1.54) is 48.6 Å². The Labute approximate surface area is 194 Å². The predicted octanol–water partition coefficient (Wildman–Crippen LogP) is 5.20. The molecule has 166 valence electrons. The van der Waals surface area contributed by atoms with Gasteiger partial charge in [-0.05, 0) is 61.5 Å². The van der Waals surface area contributed by atoms with E-state index < -0.39 is 21.7 Å². The highest BCUT2D eigenvalue weighted by Crippen LogP contribution is 2.34. The first-order valence-corrected chi connectivity index (χ1v) is 11.8. The van der Waals surface area contributed by atoms with E-state index in [9.17, 15) is 18.0 Å². The van der Waals surface area contributed by atoms with E-state index in [0.29, 0.717) is 11.4 Å². The van der Waals surface area contributed by atoms with Gasteiger partial charge in [-0.15, -0.1) is 0 Å². The number of rotatable bonds is 6. The number of hydrogen-bond donors (Lipinski definition) is 2. The van der Waals surface area contributed by atoms with Crippen LogP contribution in [0.3, 0.4) is 0 Å². The summed E-state index contributed by atoms with van der Waals surface area (Å²) in [5.41, 5.74) is 0.714. The van der Waals surface area contributed by atoms with Crippen molar-refractivity contribution in [2.75, 3.05) is 16.9 Å². The molecule has 0 aliphatic rings. The van der Waals surface area contributed by atoms with Crippen LogP contribution in [0.1, 0.15) is 21.9 Å². The SMILES string of the molecule is Cc1ccc(/C=C/C(=O)Nc2cc(Cl)c(NC(=O)c3ccc(S(C)(=O)=O)cc3)c(Cl)c2)o1. The molecule has 2 aromatic carbocycles. The zero-order chi connectivity index (χ0) is 23.5. The van der Waals surface area contributed by atoms with E-state index in [1.54, 1.807) is 19.1 Å². The molecule has 7 nitrogen and oxygen atoms in total. The lowest BCUT2D eigenvalue weighted by Gasteiger charge is -2.12. The maximum atomic E-state index is 12.5. The zero-order valence-electron chi connectivity index (χ0n) is 17.0. The number of hydrogen-bond acceptors (Lipinski definition) is 5. The number of aryl methyl sites for hydroxylation is 1. The first-order valence-electron chi connectivity index (χ1n) is 9.19. The minimum absolute atomic E-state index is 0.0986. The maximum absolute atomic E-state index is 12.5. The van der Waals surface area contributed by atoms with Gasteiger partial charge in [-0.25, -0.2) is 8.42 Å². The highest BCUT2D eigenvalue weighted by molar-refractivity contribution is 7.90. The summed E-state index contributed by atoms with van der Waals surface area (Å²) in [4.78, 5) is 24.7. The molecule has 3 rings (SSSR count). The summed E-state index contributed by atoms with van der Waals surface area (Å²) >= 11 is 12.5. The van der Waals surface area contributed by atoms with Gasteiger partial charge in [0.2, 0.25) is 5.91 Å². The van der Waals surface area contributed by atoms with E-state index in [-0.39, 0.29) is 26.2 Å². The van der Waals surface area contributed by atoms with Crippen molar-refractivity contribution < 1.29 is 22.4 Å². The zero-order valence-corrected chi connectivity index (χ0v) is 19.3. The van der Waals surface area contributed by atoms with Crippen LogP contribution in [0.15, 0.2) is 63.9 Å². The molecule has 32 heavy (non-hydrogen) atoms. The summed E-state index contributed by atoms with van der Waals surface area (Å²) in [7, 11) is -3.37. The fraction of sp³-hybridized carbons (Fsp3) is 0.0909. The Balaban J connectivity index is 1.70. The van der Waals surface area contributed by atoms with Crippen molar-refractivity contribution in [3.05, 3.63) is 81.7 Å². The Bertz CT molecular complexity index is 1290. The van der Waals surface area contributed by atoms with Crippen LogP contribution in [0.25, 0.3) is 6.08 Å². The van der Waals surface area contributed by atoms with Crippen molar-refractivity contribution in [1.29, 1.82) is 0 Å². The summed E-state index contributed by atoms with van der Waals surface area (Å²) in [5.74, 6) is 0.320. The van der Waals surface area contributed by atoms with Crippen molar-refractivity contribution in [2.24, 2.45) is 0 Å². The van der Waals surface area contributed by atoms with Gasteiger partial charge >= 0.3 is 0 Å². The first-order chi connectivity index (χ1) is 15.0. The van der Waals surface area contributed by atoms with Crippen LogP contribution in [-0.2, 0) is 14.6 Å². The second kappa shape index (κ2) is 9.60. The summed E-state index contributed by atoms with van der Waals surface area (Å²) in [5, 5.41) is 5.44. The molecular weight excluding hydrogens is 475 g/mol. The first kappa shape index (κ1) is 23.6. The van der Waals surface area contributed by atoms with Gasteiger partial charge in [-0.3, -0.25) is 9.59 Å². The van der Waals surface area contributed by atoms with Gasteiger partial charge in [-0.1, -0.05) is 23.2 Å². The van der Waals surface area contributed by atoms with Crippen molar-refractivity contribution in [3.63, 3.8) is 0 Å². The standard InChI is InChI=1S/C22H18Cl2N2O5S/c1-13-3-6-16(31-13)7-10-20(27)25-15-11-18(23)21(19(24)12-15)26-22(28)14-4-8-17(9-5-14)32(2,29)30/h3-12H,1-2H3,(H,25,27)(H,26,28)/b10-7+. The third kappa shape index (κ3) is 6.00. The number of amides is 2. The van der Waals surface area contributed by atoms with Crippen molar-refractivity contribution in [1.82, 2.24) is 0 Å². The molecule has 1 heterocycles. The molecule has 2 N–H and O–H groups in total. The van der Waals surface area contributed by atoms with E-state index >= 15 is 0 Å². The minimum atomic E-state index is -3.37. The molecule has 1 aromatic heterocycles. The number of nitrogens with one attached hydrogen (secondary N) is 2. The molecule has 0 aliphatic heterocycles. The molecule has 0 saturated carbocycles. The van der Waals surface area contributed by atoms with Crippen LogP contribution >= 0.6 is 23.2 Å². The molecule has 0 radical (unpaired) electrons. The van der Waals surface area contributed by atoms with Gasteiger partial charge in [0.25, 0.3) is 5.91 Å². The molecule has 0 bridgehead atoms. The molecule has 10 heteroatoms. The lowest BCUT2D eigenvalue weighted by molar-refractivity contribution is -0.111. The van der Waals surface area contributed by atoms with E-state index in [4.69, 9.17) is 27.6 Å². The predicted molar refractivity (Wildman–Crippen MR) is 125 cm³/mol. The second-order valence-corrected chi connectivity index (χ2v) is 9.67. The highest BCUT2D eigenvalue weighted by Gasteiger charge is 2.15. The van der Waals surface area contributed by atoms with E-state index in [1.807, 2.05) is 0 Å². The summed E-state index contributed by atoms with van der Waals surface area (Å²) < 4.78 is 28.4. The normalized spacial score (nSPS) is 11.5. The van der Waals surface area contributed by atoms with Crippen molar-refractivity contribution in [3.8, 4) is 0 Å². The Morgan fingerprint density at radius 2 is 1.59 bits per heavy atom. The van der Waals surface area contributed by atoms with Crippen LogP contribution in [0.4, 0.5) is 11.4 Å². The summed E-state index contributed by atoms with van der Waals surface area (Å²) in [6.07, 6.45) is 3.90. The van der Waals surface area contributed by atoms with Crippen molar-refractivity contribution in [2.45, 2.75) is 11.8 Å². The molecule has 0 atom stereocenters. The number of benzene rings is 2. The molecule has 0 spiro atoms. The van der Waals surface area contributed by atoms with Crippen LogP contribution in [-0.4, -0.2) is 26.5 Å². The fourth-order valence-corrected chi connectivity index (χ4v) is 3.90. The summed E-state index contributed by atoms with van der Waals surface area (Å²) in [6, 6.07) is 11.8. The quantitative estimate of drug-likeness (QED) is 0.459. The number of furan rings is 1. The molecule has 3 aromatic rings. The molecule has 0 saturated heterocycles. The largest absolute Gasteiger partial charge is 0.462 e.